The normalized spacial score (nSPS) is 10.0. The lowest BCUT2D eigenvalue weighted by Gasteiger charge is -1.99. The van der Waals surface area contributed by atoms with Crippen LogP contribution in [0.4, 0.5) is 8.78 Å². The van der Waals surface area contributed by atoms with Gasteiger partial charge in [0.1, 0.15) is 5.69 Å². The number of hydrogen-bond acceptors (Lipinski definition) is 2. The van der Waals surface area contributed by atoms with E-state index in [1.165, 1.54) is 13.8 Å². The molecule has 1 aromatic heterocycles. The molecular formula is C8H7F2NO. The van der Waals surface area contributed by atoms with Gasteiger partial charge in [-0.25, -0.2) is 13.8 Å². The molecule has 0 saturated carbocycles. The van der Waals surface area contributed by atoms with Crippen molar-refractivity contribution in [2.24, 2.45) is 0 Å². The topological polar surface area (TPSA) is 30.0 Å². The second-order valence-corrected chi connectivity index (χ2v) is 2.44. The zero-order chi connectivity index (χ0) is 9.30. The van der Waals surface area contributed by atoms with Gasteiger partial charge in [-0.2, -0.15) is 0 Å². The molecule has 4 heteroatoms. The number of pyridine rings is 1. The molecule has 64 valence electrons. The van der Waals surface area contributed by atoms with E-state index >= 15 is 0 Å². The third-order valence-electron chi connectivity index (χ3n) is 1.44. The van der Waals surface area contributed by atoms with Gasteiger partial charge in [0.2, 0.25) is 0 Å². The second kappa shape index (κ2) is 2.97. The number of ketones is 1. The molecule has 1 aromatic rings. The van der Waals surface area contributed by atoms with Gasteiger partial charge < -0.3 is 0 Å². The number of aromatic nitrogens is 1. The van der Waals surface area contributed by atoms with Crippen molar-refractivity contribution in [2.45, 2.75) is 13.8 Å². The number of halogens is 2. The van der Waals surface area contributed by atoms with Crippen molar-refractivity contribution in [1.82, 2.24) is 4.98 Å². The molecule has 0 atom stereocenters. The van der Waals surface area contributed by atoms with Gasteiger partial charge in [-0.3, -0.25) is 4.79 Å². The van der Waals surface area contributed by atoms with Gasteiger partial charge in [-0.05, 0) is 6.92 Å². The molecule has 0 aromatic carbocycles. The molecule has 0 bridgehead atoms. The highest BCUT2D eigenvalue weighted by atomic mass is 19.2. The van der Waals surface area contributed by atoms with Crippen molar-refractivity contribution in [1.29, 1.82) is 0 Å². The van der Waals surface area contributed by atoms with Crippen LogP contribution in [-0.4, -0.2) is 10.8 Å². The Morgan fingerprint density at radius 3 is 2.50 bits per heavy atom. The Bertz CT molecular complexity index is 313. The lowest BCUT2D eigenvalue weighted by molar-refractivity contribution is 0.101. The predicted molar refractivity (Wildman–Crippen MR) is 38.9 cm³/mol. The Labute approximate surface area is 68.2 Å². The summed E-state index contributed by atoms with van der Waals surface area (Å²) < 4.78 is 25.3. The summed E-state index contributed by atoms with van der Waals surface area (Å²) in [6.07, 6.45) is 0. The standard InChI is InChI=1S/C8H7F2NO/c1-4-8(10)6(9)3-7(11-4)5(2)12/h3H,1-2H3. The minimum Gasteiger partial charge on any atom is -0.293 e. The minimum absolute atomic E-state index is 0.0496. The van der Waals surface area contributed by atoms with Gasteiger partial charge in [0, 0.05) is 13.0 Å². The second-order valence-electron chi connectivity index (χ2n) is 2.44. The van der Waals surface area contributed by atoms with Crippen molar-refractivity contribution in [3.8, 4) is 0 Å². The summed E-state index contributed by atoms with van der Waals surface area (Å²) in [7, 11) is 0. The Morgan fingerprint density at radius 2 is 2.08 bits per heavy atom. The van der Waals surface area contributed by atoms with Gasteiger partial charge in [-0.1, -0.05) is 0 Å². The van der Waals surface area contributed by atoms with E-state index in [4.69, 9.17) is 0 Å². The highest BCUT2D eigenvalue weighted by Gasteiger charge is 2.10. The first-order chi connectivity index (χ1) is 5.52. The smallest absolute Gasteiger partial charge is 0.180 e. The van der Waals surface area contributed by atoms with E-state index in [9.17, 15) is 13.6 Å². The SMILES string of the molecule is CC(=O)c1cc(F)c(F)c(C)n1. The largest absolute Gasteiger partial charge is 0.293 e. The molecule has 2 nitrogen and oxygen atoms in total. The number of nitrogens with zero attached hydrogens (tertiary/aromatic N) is 1. The molecule has 12 heavy (non-hydrogen) atoms. The Hall–Kier alpha value is -1.32. The Kier molecular flexibility index (Phi) is 2.17. The van der Waals surface area contributed by atoms with Crippen molar-refractivity contribution < 1.29 is 13.6 Å². The number of aryl methyl sites for hydroxylation is 1. The van der Waals surface area contributed by atoms with Crippen LogP contribution in [0.1, 0.15) is 23.1 Å². The summed E-state index contributed by atoms with van der Waals surface area (Å²) in [5.74, 6) is -2.41. The van der Waals surface area contributed by atoms with Gasteiger partial charge in [-0.15, -0.1) is 0 Å². The first-order valence-corrected chi connectivity index (χ1v) is 3.36. The monoisotopic (exact) mass is 171 g/mol. The quantitative estimate of drug-likeness (QED) is 0.604. The van der Waals surface area contributed by atoms with Crippen LogP contribution in [0.5, 0.6) is 0 Å². The van der Waals surface area contributed by atoms with E-state index in [1.54, 1.807) is 0 Å². The molecule has 0 amide bonds. The summed E-state index contributed by atoms with van der Waals surface area (Å²) >= 11 is 0. The van der Waals surface area contributed by atoms with E-state index in [2.05, 4.69) is 4.98 Å². The van der Waals surface area contributed by atoms with Gasteiger partial charge in [0.05, 0.1) is 5.69 Å². The summed E-state index contributed by atoms with van der Waals surface area (Å²) in [6.45, 7) is 2.56. The average molecular weight is 171 g/mol. The van der Waals surface area contributed by atoms with Gasteiger partial charge in [0.25, 0.3) is 0 Å². The minimum atomic E-state index is -1.03. The van der Waals surface area contributed by atoms with E-state index < -0.39 is 11.6 Å². The maximum atomic E-state index is 12.6. The summed E-state index contributed by atoms with van der Waals surface area (Å²) in [4.78, 5) is 14.3. The van der Waals surface area contributed by atoms with Crippen LogP contribution in [0.2, 0.25) is 0 Å². The van der Waals surface area contributed by atoms with E-state index in [-0.39, 0.29) is 17.2 Å². The zero-order valence-corrected chi connectivity index (χ0v) is 6.69. The molecule has 0 spiro atoms. The first kappa shape index (κ1) is 8.77. The molecule has 1 rings (SSSR count). The van der Waals surface area contributed by atoms with Crippen molar-refractivity contribution in [3.05, 3.63) is 29.1 Å². The molecule has 0 aliphatic rings. The average Bonchev–Trinajstić information content (AvgIpc) is 1.99. The summed E-state index contributed by atoms with van der Waals surface area (Å²) in [5, 5.41) is 0. The molecule has 0 unspecified atom stereocenters. The van der Waals surface area contributed by atoms with E-state index in [0.717, 1.165) is 6.07 Å². The highest BCUT2D eigenvalue weighted by Crippen LogP contribution is 2.10. The van der Waals surface area contributed by atoms with Gasteiger partial charge >= 0.3 is 0 Å². The fraction of sp³-hybridized carbons (Fsp3) is 0.250. The molecule has 0 N–H and O–H groups in total. The Morgan fingerprint density at radius 1 is 1.50 bits per heavy atom. The lowest BCUT2D eigenvalue weighted by Crippen LogP contribution is -2.02. The lowest BCUT2D eigenvalue weighted by atomic mass is 10.2. The fourth-order valence-corrected chi connectivity index (χ4v) is 0.799. The first-order valence-electron chi connectivity index (χ1n) is 3.36. The van der Waals surface area contributed by atoms with E-state index in [1.807, 2.05) is 0 Å². The molecule has 0 aliphatic carbocycles. The van der Waals surface area contributed by atoms with Crippen LogP contribution in [0.15, 0.2) is 6.07 Å². The van der Waals surface area contributed by atoms with Crippen LogP contribution in [0, 0.1) is 18.6 Å². The molecule has 0 radical (unpaired) electrons. The number of carbonyl (C=O) groups is 1. The van der Waals surface area contributed by atoms with Crippen molar-refractivity contribution >= 4 is 5.78 Å². The molecule has 0 aliphatic heterocycles. The molecule has 0 saturated heterocycles. The molecule has 1 heterocycles. The predicted octanol–water partition coefficient (Wildman–Crippen LogP) is 1.87. The zero-order valence-electron chi connectivity index (χ0n) is 6.69. The third-order valence-corrected chi connectivity index (χ3v) is 1.44. The number of carbonyl (C=O) groups excluding carboxylic acids is 1. The highest BCUT2D eigenvalue weighted by molar-refractivity contribution is 5.92. The van der Waals surface area contributed by atoms with Crippen LogP contribution in [-0.2, 0) is 0 Å². The van der Waals surface area contributed by atoms with Crippen LogP contribution >= 0.6 is 0 Å². The third kappa shape index (κ3) is 1.47. The summed E-state index contributed by atoms with van der Waals surface area (Å²) in [6, 6.07) is 0.796. The fourth-order valence-electron chi connectivity index (χ4n) is 0.799. The summed E-state index contributed by atoms with van der Waals surface area (Å²) in [5.41, 5.74) is -0.147. The Balaban J connectivity index is 3.31. The van der Waals surface area contributed by atoms with Crippen LogP contribution in [0.25, 0.3) is 0 Å². The molecular weight excluding hydrogens is 164 g/mol. The van der Waals surface area contributed by atoms with Crippen molar-refractivity contribution in [3.63, 3.8) is 0 Å². The number of Topliss-reactive ketones (excluding diaryl/α,β-unsaturated/α-hetero) is 1. The van der Waals surface area contributed by atoms with Gasteiger partial charge in [0.15, 0.2) is 17.4 Å². The van der Waals surface area contributed by atoms with Crippen LogP contribution in [0.3, 0.4) is 0 Å². The number of rotatable bonds is 1. The maximum Gasteiger partial charge on any atom is 0.180 e. The molecule has 0 fully saturated rings. The van der Waals surface area contributed by atoms with E-state index in [0.29, 0.717) is 0 Å². The number of hydrogen-bond donors (Lipinski definition) is 0. The van der Waals surface area contributed by atoms with Crippen molar-refractivity contribution in [2.75, 3.05) is 0 Å². The maximum absolute atomic E-state index is 12.6. The van der Waals surface area contributed by atoms with Crippen LogP contribution < -0.4 is 0 Å².